The molecule has 1 atom stereocenters. The summed E-state index contributed by atoms with van der Waals surface area (Å²) in [5.74, 6) is 0. The van der Waals surface area contributed by atoms with Gasteiger partial charge < -0.3 is 15.0 Å². The van der Waals surface area contributed by atoms with Gasteiger partial charge in [-0.25, -0.2) is 0 Å². The van der Waals surface area contributed by atoms with Crippen LogP contribution in [0, 0.1) is 0 Å². The third-order valence-electron chi connectivity index (χ3n) is 3.40. The van der Waals surface area contributed by atoms with Gasteiger partial charge in [0.15, 0.2) is 5.11 Å². The summed E-state index contributed by atoms with van der Waals surface area (Å²) in [5.41, 5.74) is 0. The van der Waals surface area contributed by atoms with Gasteiger partial charge in [-0.1, -0.05) is 19.3 Å². The Labute approximate surface area is 111 Å². The lowest BCUT2D eigenvalue weighted by molar-refractivity contribution is 0.175. The van der Waals surface area contributed by atoms with Crippen LogP contribution in [0.15, 0.2) is 0 Å². The molecule has 3 nitrogen and oxygen atoms in total. The molecule has 0 heterocycles. The summed E-state index contributed by atoms with van der Waals surface area (Å²) in [6.07, 6.45) is 6.64. The molecular formula is C13H26N2OS. The first-order valence-electron chi connectivity index (χ1n) is 6.75. The van der Waals surface area contributed by atoms with Gasteiger partial charge in [-0.05, 0) is 38.9 Å². The second kappa shape index (κ2) is 7.88. The van der Waals surface area contributed by atoms with Crippen molar-refractivity contribution in [2.24, 2.45) is 0 Å². The number of thiocarbonyl (C=S) groups is 1. The van der Waals surface area contributed by atoms with Crippen LogP contribution in [0.1, 0.15) is 46.0 Å². The summed E-state index contributed by atoms with van der Waals surface area (Å²) in [5, 5.41) is 4.25. The maximum absolute atomic E-state index is 5.51. The minimum atomic E-state index is 0.283. The highest BCUT2D eigenvalue weighted by Crippen LogP contribution is 2.22. The van der Waals surface area contributed by atoms with Crippen LogP contribution in [0.2, 0.25) is 0 Å². The zero-order valence-electron chi connectivity index (χ0n) is 11.4. The van der Waals surface area contributed by atoms with Crippen LogP contribution in [0.4, 0.5) is 0 Å². The van der Waals surface area contributed by atoms with Gasteiger partial charge in [-0.15, -0.1) is 0 Å². The minimum Gasteiger partial charge on any atom is -0.383 e. The lowest BCUT2D eigenvalue weighted by Gasteiger charge is -2.36. The lowest BCUT2D eigenvalue weighted by Crippen LogP contribution is -2.49. The van der Waals surface area contributed by atoms with Crippen LogP contribution in [-0.4, -0.2) is 42.4 Å². The molecule has 0 bridgehead atoms. The van der Waals surface area contributed by atoms with Crippen molar-refractivity contribution in [1.29, 1.82) is 0 Å². The molecule has 17 heavy (non-hydrogen) atoms. The predicted octanol–water partition coefficient (Wildman–Crippen LogP) is 2.55. The molecule has 1 aliphatic carbocycles. The van der Waals surface area contributed by atoms with Crippen molar-refractivity contribution < 1.29 is 4.74 Å². The van der Waals surface area contributed by atoms with Crippen LogP contribution in [0.5, 0.6) is 0 Å². The molecule has 1 aliphatic rings. The molecule has 0 aliphatic heterocycles. The molecule has 0 radical (unpaired) electrons. The number of nitrogens with one attached hydrogen (secondary N) is 1. The van der Waals surface area contributed by atoms with Gasteiger partial charge in [-0.2, -0.15) is 0 Å². The van der Waals surface area contributed by atoms with E-state index in [1.54, 1.807) is 7.11 Å². The molecule has 1 unspecified atom stereocenters. The summed E-state index contributed by atoms with van der Waals surface area (Å²) in [6, 6.07) is 0.925. The van der Waals surface area contributed by atoms with Crippen LogP contribution >= 0.6 is 12.2 Å². The van der Waals surface area contributed by atoms with E-state index in [-0.39, 0.29) is 6.04 Å². The van der Waals surface area contributed by atoms with E-state index in [1.807, 2.05) is 0 Å². The monoisotopic (exact) mass is 258 g/mol. The molecular weight excluding hydrogens is 232 g/mol. The Bertz CT molecular complexity index is 229. The van der Waals surface area contributed by atoms with Gasteiger partial charge in [0.25, 0.3) is 0 Å². The van der Waals surface area contributed by atoms with E-state index in [0.29, 0.717) is 12.6 Å². The SMILES string of the molecule is CCN(C(=S)NC(C)COC)C1CCCCC1. The van der Waals surface area contributed by atoms with Crippen LogP contribution in [0.25, 0.3) is 0 Å². The molecule has 0 amide bonds. The van der Waals surface area contributed by atoms with Crippen LogP contribution < -0.4 is 5.32 Å². The molecule has 4 heteroatoms. The molecule has 0 aromatic heterocycles. The molecule has 1 N–H and O–H groups in total. The van der Waals surface area contributed by atoms with Crippen LogP contribution in [-0.2, 0) is 4.74 Å². The zero-order valence-corrected chi connectivity index (χ0v) is 12.2. The smallest absolute Gasteiger partial charge is 0.169 e. The van der Waals surface area contributed by atoms with Crippen LogP contribution in [0.3, 0.4) is 0 Å². The largest absolute Gasteiger partial charge is 0.383 e. The van der Waals surface area contributed by atoms with E-state index in [9.17, 15) is 0 Å². The van der Waals surface area contributed by atoms with Crippen molar-refractivity contribution >= 4 is 17.3 Å². The van der Waals surface area contributed by atoms with Crippen molar-refractivity contribution in [2.75, 3.05) is 20.3 Å². The molecule has 0 saturated heterocycles. The number of hydrogen-bond acceptors (Lipinski definition) is 2. The van der Waals surface area contributed by atoms with Gasteiger partial charge in [0.2, 0.25) is 0 Å². The Hall–Kier alpha value is -0.350. The molecule has 1 saturated carbocycles. The number of ether oxygens (including phenoxy) is 1. The first-order valence-corrected chi connectivity index (χ1v) is 7.16. The second-order valence-electron chi connectivity index (χ2n) is 4.88. The van der Waals surface area contributed by atoms with Gasteiger partial charge >= 0.3 is 0 Å². The number of hydrogen-bond donors (Lipinski definition) is 1. The first kappa shape index (κ1) is 14.7. The fourth-order valence-corrected chi connectivity index (χ4v) is 3.03. The molecule has 100 valence electrons. The van der Waals surface area contributed by atoms with E-state index < -0.39 is 0 Å². The molecule has 1 rings (SSSR count). The molecule has 0 aromatic carbocycles. The Morgan fingerprint density at radius 2 is 2.06 bits per heavy atom. The summed E-state index contributed by atoms with van der Waals surface area (Å²) in [6.45, 7) is 5.98. The Kier molecular flexibility index (Phi) is 6.82. The van der Waals surface area contributed by atoms with Crippen molar-refractivity contribution in [2.45, 2.75) is 58.0 Å². The fourth-order valence-electron chi connectivity index (χ4n) is 2.55. The fraction of sp³-hybridized carbons (Fsp3) is 0.923. The van der Waals surface area contributed by atoms with E-state index in [1.165, 1.54) is 32.1 Å². The Morgan fingerprint density at radius 3 is 2.59 bits per heavy atom. The topological polar surface area (TPSA) is 24.5 Å². The Morgan fingerprint density at radius 1 is 1.41 bits per heavy atom. The lowest BCUT2D eigenvalue weighted by atomic mass is 9.94. The third-order valence-corrected chi connectivity index (χ3v) is 3.76. The summed E-state index contributed by atoms with van der Waals surface area (Å²) >= 11 is 5.51. The van der Waals surface area contributed by atoms with Crippen molar-refractivity contribution in [1.82, 2.24) is 10.2 Å². The maximum Gasteiger partial charge on any atom is 0.169 e. The predicted molar refractivity (Wildman–Crippen MR) is 76.3 cm³/mol. The van der Waals surface area contributed by atoms with Gasteiger partial charge in [0, 0.05) is 25.7 Å². The van der Waals surface area contributed by atoms with E-state index in [4.69, 9.17) is 17.0 Å². The zero-order chi connectivity index (χ0) is 12.7. The van der Waals surface area contributed by atoms with Crippen molar-refractivity contribution in [3.8, 4) is 0 Å². The van der Waals surface area contributed by atoms with Gasteiger partial charge in [0.05, 0.1) is 6.61 Å². The van der Waals surface area contributed by atoms with E-state index >= 15 is 0 Å². The first-order chi connectivity index (χ1) is 8.19. The summed E-state index contributed by atoms with van der Waals surface area (Å²) in [7, 11) is 1.72. The maximum atomic E-state index is 5.51. The van der Waals surface area contributed by atoms with E-state index in [0.717, 1.165) is 11.7 Å². The van der Waals surface area contributed by atoms with E-state index in [2.05, 4.69) is 24.1 Å². The quantitative estimate of drug-likeness (QED) is 0.766. The van der Waals surface area contributed by atoms with Crippen molar-refractivity contribution in [3.63, 3.8) is 0 Å². The Balaban J connectivity index is 2.45. The normalized spacial score (nSPS) is 18.8. The highest BCUT2D eigenvalue weighted by molar-refractivity contribution is 7.80. The summed E-state index contributed by atoms with van der Waals surface area (Å²) < 4.78 is 5.12. The minimum absolute atomic E-state index is 0.283. The third kappa shape index (κ3) is 4.80. The van der Waals surface area contributed by atoms with Gasteiger partial charge in [-0.3, -0.25) is 0 Å². The number of rotatable bonds is 5. The highest BCUT2D eigenvalue weighted by Gasteiger charge is 2.22. The standard InChI is InChI=1S/C13H26N2OS/c1-4-15(12-8-6-5-7-9-12)13(17)14-11(2)10-16-3/h11-12H,4-10H2,1-3H3,(H,14,17). The average molecular weight is 258 g/mol. The second-order valence-corrected chi connectivity index (χ2v) is 5.27. The average Bonchev–Trinajstić information content (AvgIpc) is 2.31. The number of nitrogens with zero attached hydrogens (tertiary/aromatic N) is 1. The number of methoxy groups -OCH3 is 1. The van der Waals surface area contributed by atoms with Crippen molar-refractivity contribution in [3.05, 3.63) is 0 Å². The molecule has 0 spiro atoms. The molecule has 1 fully saturated rings. The summed E-state index contributed by atoms with van der Waals surface area (Å²) in [4.78, 5) is 2.35. The molecule has 0 aromatic rings. The highest BCUT2D eigenvalue weighted by atomic mass is 32.1. The van der Waals surface area contributed by atoms with Gasteiger partial charge in [0.1, 0.15) is 0 Å².